The minimum absolute atomic E-state index is 0.0936. The highest BCUT2D eigenvalue weighted by Crippen LogP contribution is 2.70. The Morgan fingerprint density at radius 2 is 1.50 bits per heavy atom. The van der Waals surface area contributed by atoms with E-state index in [4.69, 9.17) is 23.7 Å². The molecule has 7 rings (SSSR count). The van der Waals surface area contributed by atoms with Gasteiger partial charge in [-0.1, -0.05) is 32.0 Å². The number of rotatable bonds is 3. The first-order valence-corrected chi connectivity index (χ1v) is 15.1. The lowest BCUT2D eigenvalue weighted by Gasteiger charge is -2.63. The summed E-state index contributed by atoms with van der Waals surface area (Å²) in [7, 11) is 0. The number of benzene rings is 1. The van der Waals surface area contributed by atoms with Crippen LogP contribution in [0, 0.1) is 40.4 Å². The van der Waals surface area contributed by atoms with E-state index in [2.05, 4.69) is 20.8 Å². The van der Waals surface area contributed by atoms with E-state index in [1.807, 2.05) is 30.3 Å². The molecular weight excluding hydrogens is 480 g/mol. The van der Waals surface area contributed by atoms with Crippen molar-refractivity contribution in [2.75, 3.05) is 26.4 Å². The van der Waals surface area contributed by atoms with Crippen LogP contribution in [0.1, 0.15) is 82.5 Å². The maximum Gasteiger partial charge on any atom is 0.338 e. The number of hydrogen-bond acceptors (Lipinski definition) is 6. The lowest BCUT2D eigenvalue weighted by Crippen LogP contribution is -2.61. The van der Waals surface area contributed by atoms with Gasteiger partial charge in [-0.25, -0.2) is 4.79 Å². The van der Waals surface area contributed by atoms with Gasteiger partial charge in [0.2, 0.25) is 0 Å². The van der Waals surface area contributed by atoms with Gasteiger partial charge in [0.05, 0.1) is 32.0 Å². The fourth-order valence-corrected chi connectivity index (χ4v) is 10.4. The smallest absolute Gasteiger partial charge is 0.338 e. The highest BCUT2D eigenvalue weighted by Gasteiger charge is 2.67. The summed E-state index contributed by atoms with van der Waals surface area (Å²) in [6.07, 6.45) is 8.44. The third kappa shape index (κ3) is 3.77. The average Bonchev–Trinajstić information content (AvgIpc) is 3.65. The summed E-state index contributed by atoms with van der Waals surface area (Å²) in [5.74, 6) is 1.06. The Kier molecular flexibility index (Phi) is 6.05. The van der Waals surface area contributed by atoms with Gasteiger partial charge in [0.15, 0.2) is 11.6 Å². The highest BCUT2D eigenvalue weighted by atomic mass is 16.7. The van der Waals surface area contributed by atoms with Crippen LogP contribution in [0.25, 0.3) is 0 Å². The van der Waals surface area contributed by atoms with Crippen molar-refractivity contribution in [1.29, 1.82) is 0 Å². The number of carbonyl (C=O) groups is 1. The monoisotopic (exact) mass is 524 g/mol. The average molecular weight is 525 g/mol. The van der Waals surface area contributed by atoms with Crippen LogP contribution in [-0.4, -0.2) is 50.1 Å². The number of fused-ring (bicyclic) bond motifs is 5. The van der Waals surface area contributed by atoms with E-state index in [1.165, 1.54) is 12.8 Å². The molecule has 6 fully saturated rings. The van der Waals surface area contributed by atoms with Crippen molar-refractivity contribution in [1.82, 2.24) is 0 Å². The van der Waals surface area contributed by atoms with Crippen LogP contribution in [0.3, 0.4) is 0 Å². The molecule has 6 aliphatic rings. The number of ether oxygens (including phenoxy) is 5. The Morgan fingerprint density at radius 3 is 2.24 bits per heavy atom. The van der Waals surface area contributed by atoms with Crippen molar-refractivity contribution in [3.8, 4) is 0 Å². The third-order valence-electron chi connectivity index (χ3n) is 12.2. The van der Waals surface area contributed by atoms with Crippen LogP contribution >= 0.6 is 0 Å². The van der Waals surface area contributed by atoms with Crippen molar-refractivity contribution in [2.45, 2.75) is 89.8 Å². The fraction of sp³-hybridized carbons (Fsp3) is 0.781. The van der Waals surface area contributed by atoms with E-state index in [-0.39, 0.29) is 22.9 Å². The van der Waals surface area contributed by atoms with E-state index < -0.39 is 11.6 Å². The Morgan fingerprint density at radius 1 is 0.816 bits per heavy atom. The second-order valence-electron chi connectivity index (χ2n) is 13.7. The molecule has 6 nitrogen and oxygen atoms in total. The second kappa shape index (κ2) is 9.02. The van der Waals surface area contributed by atoms with E-state index in [1.54, 1.807) is 0 Å². The van der Waals surface area contributed by atoms with Gasteiger partial charge >= 0.3 is 5.97 Å². The van der Waals surface area contributed by atoms with E-state index >= 15 is 0 Å². The van der Waals surface area contributed by atoms with Gasteiger partial charge in [-0.2, -0.15) is 0 Å². The largest absolute Gasteiger partial charge is 0.458 e. The predicted molar refractivity (Wildman–Crippen MR) is 141 cm³/mol. The van der Waals surface area contributed by atoms with Crippen LogP contribution in [0.5, 0.6) is 0 Å². The molecule has 6 heteroatoms. The molecule has 4 aliphatic carbocycles. The molecule has 2 heterocycles. The van der Waals surface area contributed by atoms with Crippen molar-refractivity contribution < 1.29 is 28.5 Å². The number of carbonyl (C=O) groups excluding carboxylic acids is 1. The zero-order valence-corrected chi connectivity index (χ0v) is 23.3. The topological polar surface area (TPSA) is 63.2 Å². The van der Waals surface area contributed by atoms with Crippen LogP contribution in [0.2, 0.25) is 0 Å². The third-order valence-corrected chi connectivity index (χ3v) is 12.2. The van der Waals surface area contributed by atoms with Crippen LogP contribution < -0.4 is 0 Å². The van der Waals surface area contributed by atoms with Crippen molar-refractivity contribution in [3.05, 3.63) is 35.9 Å². The Labute approximate surface area is 227 Å². The molecule has 0 N–H and O–H groups in total. The highest BCUT2D eigenvalue weighted by molar-refractivity contribution is 5.89. The fourth-order valence-electron chi connectivity index (χ4n) is 10.4. The number of esters is 1. The number of hydrogen-bond donors (Lipinski definition) is 0. The lowest BCUT2D eigenvalue weighted by atomic mass is 9.43. The maximum absolute atomic E-state index is 13.5. The molecule has 208 valence electrons. The summed E-state index contributed by atoms with van der Waals surface area (Å²) in [6.45, 7) is 9.93. The first-order chi connectivity index (χ1) is 18.3. The maximum atomic E-state index is 13.5. The zero-order valence-electron chi connectivity index (χ0n) is 23.3. The summed E-state index contributed by atoms with van der Waals surface area (Å²) >= 11 is 0. The Hall–Kier alpha value is -1.47. The molecule has 0 radical (unpaired) electrons. The molecule has 4 saturated carbocycles. The molecule has 8 atom stereocenters. The lowest BCUT2D eigenvalue weighted by molar-refractivity contribution is -0.251. The summed E-state index contributed by atoms with van der Waals surface area (Å²) in [5, 5.41) is 0. The Bertz CT molecular complexity index is 1050. The van der Waals surface area contributed by atoms with E-state index in [0.29, 0.717) is 61.6 Å². The molecule has 1 aromatic carbocycles. The van der Waals surface area contributed by atoms with Crippen LogP contribution in [0.15, 0.2) is 30.3 Å². The molecule has 0 bridgehead atoms. The minimum Gasteiger partial charge on any atom is -0.458 e. The standard InChI is InChI=1S/C32H44O6/c1-29-13-14-32(36-17-18-37-32)20-22(29)19-25(38-28(33)21-7-5-4-6-8-21)27-23-9-10-26(31(3)34-15-16-35-31)30(23,2)12-11-24(27)29/h4-8,22-27H,9-20H2,1-3H3. The second-order valence-corrected chi connectivity index (χ2v) is 13.7. The predicted octanol–water partition coefficient (Wildman–Crippen LogP) is 5.99. The minimum atomic E-state index is -0.498. The van der Waals surface area contributed by atoms with E-state index in [9.17, 15) is 4.79 Å². The van der Waals surface area contributed by atoms with Gasteiger partial charge in [-0.05, 0) is 86.2 Å². The molecule has 1 spiro atoms. The van der Waals surface area contributed by atoms with Crippen molar-refractivity contribution in [3.63, 3.8) is 0 Å². The Balaban J connectivity index is 1.23. The summed E-state index contributed by atoms with van der Waals surface area (Å²) < 4.78 is 31.5. The molecule has 0 aromatic heterocycles. The quantitative estimate of drug-likeness (QED) is 0.453. The normalized spacial score (nSPS) is 44.8. The van der Waals surface area contributed by atoms with Gasteiger partial charge < -0.3 is 23.7 Å². The van der Waals surface area contributed by atoms with Gasteiger partial charge in [0.25, 0.3) is 0 Å². The van der Waals surface area contributed by atoms with E-state index in [0.717, 1.165) is 38.5 Å². The summed E-state index contributed by atoms with van der Waals surface area (Å²) in [5.41, 5.74) is 0.974. The molecule has 2 saturated heterocycles. The van der Waals surface area contributed by atoms with Crippen LogP contribution in [-0.2, 0) is 23.7 Å². The molecular formula is C32H44O6. The van der Waals surface area contributed by atoms with Crippen molar-refractivity contribution in [2.24, 2.45) is 40.4 Å². The van der Waals surface area contributed by atoms with Crippen LogP contribution in [0.4, 0.5) is 0 Å². The molecule has 2 aliphatic heterocycles. The van der Waals surface area contributed by atoms with Gasteiger partial charge in [-0.3, -0.25) is 0 Å². The SMILES string of the molecule is CC1(C2CCC3C4C(OC(=O)c5ccccc5)CC5CC6(CCC5(C)C4CCC32C)OCCO6)OCCO1. The summed E-state index contributed by atoms with van der Waals surface area (Å²) in [6, 6.07) is 9.52. The van der Waals surface area contributed by atoms with Gasteiger partial charge in [0, 0.05) is 24.7 Å². The summed E-state index contributed by atoms with van der Waals surface area (Å²) in [4.78, 5) is 13.5. The molecule has 38 heavy (non-hydrogen) atoms. The molecule has 0 amide bonds. The van der Waals surface area contributed by atoms with Gasteiger partial charge in [-0.15, -0.1) is 0 Å². The zero-order chi connectivity index (χ0) is 26.2. The first kappa shape index (κ1) is 25.5. The first-order valence-electron chi connectivity index (χ1n) is 15.1. The molecule has 1 aromatic rings. The van der Waals surface area contributed by atoms with Crippen molar-refractivity contribution >= 4 is 5.97 Å². The molecule has 8 unspecified atom stereocenters. The van der Waals surface area contributed by atoms with Gasteiger partial charge in [0.1, 0.15) is 6.10 Å².